The van der Waals surface area contributed by atoms with Crippen LogP contribution in [-0.2, 0) is 6.67 Å². The van der Waals surface area contributed by atoms with Gasteiger partial charge in [0, 0.05) is 11.8 Å². The highest BCUT2D eigenvalue weighted by molar-refractivity contribution is 5.64. The summed E-state index contributed by atoms with van der Waals surface area (Å²) in [7, 11) is 0. The van der Waals surface area contributed by atoms with Crippen molar-refractivity contribution in [2.75, 3.05) is 0 Å². The fourth-order valence-electron chi connectivity index (χ4n) is 1.94. The van der Waals surface area contributed by atoms with E-state index in [1.54, 1.807) is 18.3 Å². The molecule has 0 spiro atoms. The van der Waals surface area contributed by atoms with Crippen LogP contribution < -0.4 is 0 Å². The van der Waals surface area contributed by atoms with Gasteiger partial charge in [0.15, 0.2) is 0 Å². The minimum absolute atomic E-state index is 0.258. The van der Waals surface area contributed by atoms with Gasteiger partial charge in [-0.15, -0.1) is 0 Å². The molecule has 2 aromatic rings. The van der Waals surface area contributed by atoms with Crippen molar-refractivity contribution < 1.29 is 8.78 Å². The molecule has 2 rings (SSSR count). The van der Waals surface area contributed by atoms with E-state index < -0.39 is 12.5 Å². The van der Waals surface area contributed by atoms with Gasteiger partial charge in [0.1, 0.15) is 12.5 Å². The molecular formula is C15H15F2N. The zero-order chi connectivity index (χ0) is 13.1. The number of hydrogen-bond donors (Lipinski definition) is 0. The monoisotopic (exact) mass is 247 g/mol. The first kappa shape index (κ1) is 12.7. The van der Waals surface area contributed by atoms with E-state index in [0.29, 0.717) is 16.8 Å². The Hall–Kier alpha value is -1.77. The van der Waals surface area contributed by atoms with E-state index in [0.717, 1.165) is 5.56 Å². The Morgan fingerprint density at radius 3 is 2.61 bits per heavy atom. The Morgan fingerprint density at radius 2 is 2.00 bits per heavy atom. The van der Waals surface area contributed by atoms with Gasteiger partial charge in [-0.2, -0.15) is 0 Å². The predicted molar refractivity (Wildman–Crippen MR) is 68.5 cm³/mol. The Balaban J connectivity index is 2.55. The quantitative estimate of drug-likeness (QED) is 0.779. The first-order valence-corrected chi connectivity index (χ1v) is 5.93. The van der Waals surface area contributed by atoms with Crippen LogP contribution in [0.2, 0.25) is 0 Å². The van der Waals surface area contributed by atoms with Gasteiger partial charge in [0.25, 0.3) is 0 Å². The summed E-state index contributed by atoms with van der Waals surface area (Å²) in [4.78, 5) is 4.25. The number of benzene rings is 1. The van der Waals surface area contributed by atoms with Gasteiger partial charge in [-0.05, 0) is 35.2 Å². The second-order valence-electron chi connectivity index (χ2n) is 4.54. The smallest absolute Gasteiger partial charge is 0.132 e. The summed E-state index contributed by atoms with van der Waals surface area (Å²) in [5.41, 5.74) is 2.40. The molecule has 0 saturated carbocycles. The number of hydrogen-bond acceptors (Lipinski definition) is 1. The molecule has 0 N–H and O–H groups in total. The van der Waals surface area contributed by atoms with E-state index >= 15 is 0 Å². The number of nitrogens with zero attached hydrogens (tertiary/aromatic N) is 1. The number of halogens is 2. The molecule has 0 atom stereocenters. The first-order chi connectivity index (χ1) is 8.63. The van der Waals surface area contributed by atoms with Crippen molar-refractivity contribution in [2.45, 2.75) is 26.4 Å². The molecule has 0 aliphatic heterocycles. The molecule has 0 radical (unpaired) electrons. The van der Waals surface area contributed by atoms with Gasteiger partial charge in [-0.25, -0.2) is 8.78 Å². The van der Waals surface area contributed by atoms with Crippen LogP contribution in [-0.4, -0.2) is 4.98 Å². The lowest BCUT2D eigenvalue weighted by Crippen LogP contribution is -1.97. The van der Waals surface area contributed by atoms with Gasteiger partial charge in [0.2, 0.25) is 0 Å². The molecule has 94 valence electrons. The molecule has 0 aliphatic rings. The Bertz CT molecular complexity index is 550. The Kier molecular flexibility index (Phi) is 3.70. The van der Waals surface area contributed by atoms with Crippen molar-refractivity contribution in [2.24, 2.45) is 0 Å². The first-order valence-electron chi connectivity index (χ1n) is 5.93. The Morgan fingerprint density at radius 1 is 1.22 bits per heavy atom. The van der Waals surface area contributed by atoms with Crippen molar-refractivity contribution in [1.29, 1.82) is 0 Å². The van der Waals surface area contributed by atoms with Crippen LogP contribution in [0.1, 0.15) is 30.9 Å². The third-order valence-electron chi connectivity index (χ3n) is 2.90. The fraction of sp³-hybridized carbons (Fsp3) is 0.267. The zero-order valence-electron chi connectivity index (χ0n) is 10.5. The predicted octanol–water partition coefficient (Wildman–Crippen LogP) is 4.48. The summed E-state index contributed by atoms with van der Waals surface area (Å²) in [6.07, 6.45) is 1.64. The highest BCUT2D eigenvalue weighted by Gasteiger charge is 2.13. The number of aromatic nitrogens is 1. The van der Waals surface area contributed by atoms with Gasteiger partial charge in [-0.1, -0.05) is 26.0 Å². The fourth-order valence-corrected chi connectivity index (χ4v) is 1.94. The third-order valence-corrected chi connectivity index (χ3v) is 2.90. The lowest BCUT2D eigenvalue weighted by molar-refractivity contribution is 0.482. The maximum Gasteiger partial charge on any atom is 0.132 e. The van der Waals surface area contributed by atoms with E-state index in [1.807, 2.05) is 26.0 Å². The number of rotatable bonds is 3. The summed E-state index contributed by atoms with van der Waals surface area (Å²) in [5, 5.41) is 0. The molecule has 18 heavy (non-hydrogen) atoms. The molecule has 1 aromatic heterocycles. The van der Waals surface area contributed by atoms with Crippen LogP contribution >= 0.6 is 0 Å². The highest BCUT2D eigenvalue weighted by Crippen LogP contribution is 2.29. The Labute approximate surface area is 105 Å². The minimum atomic E-state index is -0.656. The molecule has 0 saturated heterocycles. The van der Waals surface area contributed by atoms with E-state index in [1.165, 1.54) is 6.07 Å². The lowest BCUT2D eigenvalue weighted by atomic mass is 9.96. The lowest BCUT2D eigenvalue weighted by Gasteiger charge is -2.12. The standard InChI is InChI=1S/C15H15F2N/c1-10(2)12-4-3-7-18-15(12)13-6-5-11(9-16)8-14(13)17/h3-8,10H,9H2,1-2H3. The average molecular weight is 247 g/mol. The summed E-state index contributed by atoms with van der Waals surface area (Å²) >= 11 is 0. The molecule has 1 aromatic carbocycles. The third kappa shape index (κ3) is 2.40. The van der Waals surface area contributed by atoms with Gasteiger partial charge < -0.3 is 0 Å². The molecule has 0 aliphatic carbocycles. The number of pyridine rings is 1. The molecule has 0 unspecified atom stereocenters. The highest BCUT2D eigenvalue weighted by atomic mass is 19.1. The zero-order valence-corrected chi connectivity index (χ0v) is 10.5. The second-order valence-corrected chi connectivity index (χ2v) is 4.54. The average Bonchev–Trinajstić information content (AvgIpc) is 2.38. The molecule has 0 fully saturated rings. The summed E-state index contributed by atoms with van der Waals surface area (Å²) in [6, 6.07) is 8.20. The maximum atomic E-state index is 14.0. The summed E-state index contributed by atoms with van der Waals surface area (Å²) in [6.45, 7) is 3.42. The molecule has 1 heterocycles. The molecule has 1 nitrogen and oxygen atoms in total. The van der Waals surface area contributed by atoms with E-state index in [9.17, 15) is 8.78 Å². The minimum Gasteiger partial charge on any atom is -0.256 e. The largest absolute Gasteiger partial charge is 0.256 e. The van der Waals surface area contributed by atoms with Crippen LogP contribution in [0.25, 0.3) is 11.3 Å². The van der Waals surface area contributed by atoms with Crippen LogP contribution in [0.5, 0.6) is 0 Å². The van der Waals surface area contributed by atoms with Gasteiger partial charge in [0.05, 0.1) is 5.69 Å². The molecule has 0 bridgehead atoms. The van der Waals surface area contributed by atoms with Crippen LogP contribution in [0.4, 0.5) is 8.78 Å². The van der Waals surface area contributed by atoms with Gasteiger partial charge in [-0.3, -0.25) is 4.98 Å². The van der Waals surface area contributed by atoms with Crippen molar-refractivity contribution in [3.63, 3.8) is 0 Å². The second kappa shape index (κ2) is 5.25. The SMILES string of the molecule is CC(C)c1cccnc1-c1ccc(CF)cc1F. The molecular weight excluding hydrogens is 232 g/mol. The van der Waals surface area contributed by atoms with Crippen LogP contribution in [0, 0.1) is 5.82 Å². The summed E-state index contributed by atoms with van der Waals surface area (Å²) < 4.78 is 26.4. The van der Waals surface area contributed by atoms with Gasteiger partial charge >= 0.3 is 0 Å². The van der Waals surface area contributed by atoms with Crippen LogP contribution in [0.15, 0.2) is 36.5 Å². The van der Waals surface area contributed by atoms with Crippen LogP contribution in [0.3, 0.4) is 0 Å². The van der Waals surface area contributed by atoms with E-state index in [4.69, 9.17) is 0 Å². The van der Waals surface area contributed by atoms with Crippen molar-refractivity contribution >= 4 is 0 Å². The molecule has 3 heteroatoms. The number of alkyl halides is 1. The van der Waals surface area contributed by atoms with E-state index in [-0.39, 0.29) is 5.92 Å². The summed E-state index contributed by atoms with van der Waals surface area (Å²) in [5.74, 6) is -0.167. The van der Waals surface area contributed by atoms with Crippen molar-refractivity contribution in [1.82, 2.24) is 4.98 Å². The molecule has 0 amide bonds. The topological polar surface area (TPSA) is 12.9 Å². The normalized spacial score (nSPS) is 10.9. The van der Waals surface area contributed by atoms with Crippen molar-refractivity contribution in [3.05, 3.63) is 53.5 Å². The van der Waals surface area contributed by atoms with E-state index in [2.05, 4.69) is 4.98 Å². The maximum absolute atomic E-state index is 14.0. The van der Waals surface area contributed by atoms with Crippen molar-refractivity contribution in [3.8, 4) is 11.3 Å².